The Balaban J connectivity index is 0.00000196. The van der Waals surface area contributed by atoms with Gasteiger partial charge in [0, 0.05) is 19.0 Å². The van der Waals surface area contributed by atoms with E-state index in [1.54, 1.807) is 0 Å². The number of nitrogens with one attached hydrogen (secondary N) is 1. The second-order valence-corrected chi connectivity index (χ2v) is 3.34. The highest BCUT2D eigenvalue weighted by Crippen LogP contribution is 1.96. The molecule has 0 aliphatic heterocycles. The van der Waals surface area contributed by atoms with Crippen LogP contribution in [0.2, 0.25) is 0 Å². The van der Waals surface area contributed by atoms with E-state index < -0.39 is 0 Å². The van der Waals surface area contributed by atoms with Gasteiger partial charge < -0.3 is 10.1 Å². The zero-order valence-corrected chi connectivity index (χ0v) is 10.2. The highest BCUT2D eigenvalue weighted by Gasteiger charge is 1.90. The molecule has 0 heterocycles. The lowest BCUT2D eigenvalue weighted by Gasteiger charge is -2.04. The summed E-state index contributed by atoms with van der Waals surface area (Å²) in [5.74, 6) is 0.568. The summed E-state index contributed by atoms with van der Waals surface area (Å²) in [6, 6.07) is 10.3. The monoisotopic (exact) mass is 249 g/mol. The van der Waals surface area contributed by atoms with Crippen LogP contribution in [0, 0.1) is 0 Å². The van der Waals surface area contributed by atoms with Gasteiger partial charge in [-0.2, -0.15) is 0 Å². The van der Waals surface area contributed by atoms with Gasteiger partial charge in [-0.3, -0.25) is 0 Å². The molecule has 0 radical (unpaired) electrons. The van der Waals surface area contributed by atoms with Gasteiger partial charge in [0.15, 0.2) is 0 Å². The molecule has 2 nitrogen and oxygen atoms in total. The first-order valence-corrected chi connectivity index (χ1v) is 5.35. The van der Waals surface area contributed by atoms with Crippen LogP contribution in [0.1, 0.15) is 5.56 Å². The molecule has 0 spiro atoms. The van der Waals surface area contributed by atoms with Gasteiger partial charge in [-0.25, -0.2) is 0 Å². The van der Waals surface area contributed by atoms with Crippen molar-refractivity contribution in [1.82, 2.24) is 5.32 Å². The van der Waals surface area contributed by atoms with Gasteiger partial charge in [-0.05, 0) is 5.56 Å². The lowest BCUT2D eigenvalue weighted by atomic mass is 10.2. The van der Waals surface area contributed by atoms with Crippen molar-refractivity contribution in [3.63, 3.8) is 0 Å². The predicted octanol–water partition coefficient (Wildman–Crippen LogP) is 2.45. The second-order valence-electron chi connectivity index (χ2n) is 2.96. The first-order valence-electron chi connectivity index (χ1n) is 4.82. The number of halogens is 2. The number of hydrogen-bond acceptors (Lipinski definition) is 2. The molecule has 86 valence electrons. The normalized spacial score (nSPS) is 9.67. The van der Waals surface area contributed by atoms with Crippen molar-refractivity contribution in [2.24, 2.45) is 0 Å². The van der Waals surface area contributed by atoms with E-state index in [0.717, 1.165) is 19.7 Å². The Hall–Kier alpha value is -0.280. The molecule has 0 amide bonds. The van der Waals surface area contributed by atoms with Gasteiger partial charge in [0.25, 0.3) is 0 Å². The van der Waals surface area contributed by atoms with Crippen LogP contribution in [0.25, 0.3) is 0 Å². The van der Waals surface area contributed by atoms with Crippen molar-refractivity contribution >= 4 is 24.0 Å². The van der Waals surface area contributed by atoms with Crippen molar-refractivity contribution < 1.29 is 4.74 Å². The Kier molecular flexibility index (Phi) is 10.1. The maximum Gasteiger partial charge on any atom is 0.0602 e. The van der Waals surface area contributed by atoms with Crippen molar-refractivity contribution in [1.29, 1.82) is 0 Å². The van der Waals surface area contributed by atoms with Crippen LogP contribution in [0.4, 0.5) is 0 Å². The number of ether oxygens (including phenoxy) is 1. The second kappa shape index (κ2) is 10.2. The zero-order chi connectivity index (χ0) is 10.1. The molecule has 0 fully saturated rings. The third-order valence-electron chi connectivity index (χ3n) is 1.82. The molecule has 1 aromatic carbocycles. The fraction of sp³-hybridized carbons (Fsp3) is 0.455. The summed E-state index contributed by atoms with van der Waals surface area (Å²) in [6.45, 7) is 3.12. The highest BCUT2D eigenvalue weighted by molar-refractivity contribution is 6.17. The molecule has 0 unspecified atom stereocenters. The molecule has 0 aliphatic rings. The molecule has 0 saturated carbocycles. The van der Waals surface area contributed by atoms with Gasteiger partial charge in [0.1, 0.15) is 0 Å². The first kappa shape index (κ1) is 14.7. The van der Waals surface area contributed by atoms with Crippen molar-refractivity contribution in [2.45, 2.75) is 6.54 Å². The fourth-order valence-electron chi connectivity index (χ4n) is 1.13. The average molecular weight is 250 g/mol. The zero-order valence-electron chi connectivity index (χ0n) is 8.62. The summed E-state index contributed by atoms with van der Waals surface area (Å²) in [7, 11) is 0. The van der Waals surface area contributed by atoms with Crippen LogP contribution in [0.15, 0.2) is 30.3 Å². The summed E-state index contributed by atoms with van der Waals surface area (Å²) in [5.41, 5.74) is 1.30. The Bertz CT molecular complexity index is 231. The number of hydrogen-bond donors (Lipinski definition) is 1. The Morgan fingerprint density at radius 3 is 2.53 bits per heavy atom. The van der Waals surface area contributed by atoms with E-state index in [9.17, 15) is 0 Å². The topological polar surface area (TPSA) is 21.3 Å². The number of rotatable bonds is 7. The highest BCUT2D eigenvalue weighted by atomic mass is 35.5. The summed E-state index contributed by atoms with van der Waals surface area (Å²) >= 11 is 5.46. The molecule has 0 bridgehead atoms. The third-order valence-corrected chi connectivity index (χ3v) is 1.97. The van der Waals surface area contributed by atoms with Gasteiger partial charge >= 0.3 is 0 Å². The standard InChI is InChI=1S/C11H16ClNO.ClH/c12-6-8-14-9-7-13-10-11-4-2-1-3-5-11;/h1-5,13H,6-10H2;1H. The van der Waals surface area contributed by atoms with E-state index in [0.29, 0.717) is 12.5 Å². The van der Waals surface area contributed by atoms with Crippen LogP contribution in [0.3, 0.4) is 0 Å². The van der Waals surface area contributed by atoms with Gasteiger partial charge in [0.05, 0.1) is 13.2 Å². The molecule has 4 heteroatoms. The van der Waals surface area contributed by atoms with Crippen LogP contribution < -0.4 is 5.32 Å². The molecule has 1 N–H and O–H groups in total. The fourth-order valence-corrected chi connectivity index (χ4v) is 1.24. The Morgan fingerprint density at radius 1 is 1.13 bits per heavy atom. The lowest BCUT2D eigenvalue weighted by Crippen LogP contribution is -2.19. The van der Waals surface area contributed by atoms with Gasteiger partial charge in [0.2, 0.25) is 0 Å². The van der Waals surface area contributed by atoms with E-state index in [1.165, 1.54) is 5.56 Å². The smallest absolute Gasteiger partial charge is 0.0602 e. The summed E-state index contributed by atoms with van der Waals surface area (Å²) in [5, 5.41) is 3.29. The molecular weight excluding hydrogens is 233 g/mol. The van der Waals surface area contributed by atoms with E-state index >= 15 is 0 Å². The van der Waals surface area contributed by atoms with Crippen LogP contribution in [-0.4, -0.2) is 25.6 Å². The molecule has 1 rings (SSSR count). The molecule has 0 aliphatic carbocycles. The van der Waals surface area contributed by atoms with E-state index in [-0.39, 0.29) is 12.4 Å². The minimum absolute atomic E-state index is 0. The van der Waals surface area contributed by atoms with Crippen molar-refractivity contribution in [3.8, 4) is 0 Å². The summed E-state index contributed by atoms with van der Waals surface area (Å²) in [6.07, 6.45) is 0. The molecule has 0 aromatic heterocycles. The molecule has 1 aromatic rings. The number of benzene rings is 1. The van der Waals surface area contributed by atoms with Crippen molar-refractivity contribution in [2.75, 3.05) is 25.6 Å². The molecular formula is C11H17Cl2NO. The van der Waals surface area contributed by atoms with Gasteiger partial charge in [-0.15, -0.1) is 24.0 Å². The van der Waals surface area contributed by atoms with Crippen LogP contribution in [0.5, 0.6) is 0 Å². The average Bonchev–Trinajstić information content (AvgIpc) is 2.25. The molecule has 0 saturated heterocycles. The molecule has 0 atom stereocenters. The lowest BCUT2D eigenvalue weighted by molar-refractivity contribution is 0.151. The van der Waals surface area contributed by atoms with E-state index in [2.05, 4.69) is 17.4 Å². The quantitative estimate of drug-likeness (QED) is 0.593. The maximum absolute atomic E-state index is 5.46. The molecule has 15 heavy (non-hydrogen) atoms. The largest absolute Gasteiger partial charge is 0.379 e. The minimum atomic E-state index is 0. The van der Waals surface area contributed by atoms with E-state index in [4.69, 9.17) is 16.3 Å². The Morgan fingerprint density at radius 2 is 1.87 bits per heavy atom. The maximum atomic E-state index is 5.46. The third kappa shape index (κ3) is 7.63. The summed E-state index contributed by atoms with van der Waals surface area (Å²) in [4.78, 5) is 0. The number of alkyl halides is 1. The SMILES string of the molecule is Cl.ClCCOCCNCc1ccccc1. The predicted molar refractivity (Wildman–Crippen MR) is 66.9 cm³/mol. The summed E-state index contributed by atoms with van der Waals surface area (Å²) < 4.78 is 5.23. The van der Waals surface area contributed by atoms with E-state index in [1.807, 2.05) is 18.2 Å². The van der Waals surface area contributed by atoms with Gasteiger partial charge in [-0.1, -0.05) is 30.3 Å². The Labute approximate surface area is 102 Å². The van der Waals surface area contributed by atoms with Crippen LogP contribution in [-0.2, 0) is 11.3 Å². The minimum Gasteiger partial charge on any atom is -0.379 e. The first-order chi connectivity index (χ1) is 6.93. The van der Waals surface area contributed by atoms with Crippen LogP contribution >= 0.6 is 24.0 Å². The van der Waals surface area contributed by atoms with Crippen molar-refractivity contribution in [3.05, 3.63) is 35.9 Å².